The van der Waals surface area contributed by atoms with E-state index in [2.05, 4.69) is 10.3 Å². The Bertz CT molecular complexity index is 1000. The summed E-state index contributed by atoms with van der Waals surface area (Å²) in [6.07, 6.45) is 1.73. The van der Waals surface area contributed by atoms with E-state index in [0.717, 1.165) is 16.8 Å². The summed E-state index contributed by atoms with van der Waals surface area (Å²) in [5.41, 5.74) is 2.68. The first-order chi connectivity index (χ1) is 14.5. The predicted molar refractivity (Wildman–Crippen MR) is 120 cm³/mol. The van der Waals surface area contributed by atoms with Gasteiger partial charge in [0.1, 0.15) is 11.5 Å². The van der Waals surface area contributed by atoms with Crippen molar-refractivity contribution in [3.8, 4) is 11.5 Å². The summed E-state index contributed by atoms with van der Waals surface area (Å²) in [5, 5.41) is 3.43. The van der Waals surface area contributed by atoms with Crippen molar-refractivity contribution in [3.05, 3.63) is 88.9 Å². The van der Waals surface area contributed by atoms with Gasteiger partial charge in [0, 0.05) is 6.21 Å². The Labute approximate surface area is 181 Å². The molecule has 0 spiro atoms. The second-order valence-electron chi connectivity index (χ2n) is 6.63. The molecule has 0 radical (unpaired) electrons. The Balaban J connectivity index is 1.50. The second kappa shape index (κ2) is 10.5. The highest BCUT2D eigenvalue weighted by molar-refractivity contribution is 6.32. The van der Waals surface area contributed by atoms with E-state index in [1.807, 2.05) is 55.5 Å². The molecular weight excluding hydrogens is 400 g/mol. The molecule has 1 N–H and O–H groups in total. The van der Waals surface area contributed by atoms with E-state index in [4.69, 9.17) is 21.1 Å². The number of halogens is 1. The van der Waals surface area contributed by atoms with Gasteiger partial charge in [-0.3, -0.25) is 9.79 Å². The number of amides is 1. The fourth-order valence-corrected chi connectivity index (χ4v) is 3.04. The minimum absolute atomic E-state index is 0.0467. The fourth-order valence-electron chi connectivity index (χ4n) is 2.79. The van der Waals surface area contributed by atoms with Crippen molar-refractivity contribution in [2.24, 2.45) is 4.99 Å². The standard InChI is InChI=1S/C24H23ClN2O3/c1-17(19-6-4-3-5-7-19)27-24(28)16-30-21-11-8-18(9-12-21)15-26-20-10-13-23(29-2)22(25)14-20/h3-15,17H,16H2,1-2H3,(H,27,28)/t17-/m1/s1. The summed E-state index contributed by atoms with van der Waals surface area (Å²) >= 11 is 6.11. The lowest BCUT2D eigenvalue weighted by molar-refractivity contribution is -0.123. The van der Waals surface area contributed by atoms with Crippen LogP contribution in [0.25, 0.3) is 0 Å². The zero-order valence-corrected chi connectivity index (χ0v) is 17.6. The summed E-state index contributed by atoms with van der Waals surface area (Å²) < 4.78 is 10.7. The maximum Gasteiger partial charge on any atom is 0.258 e. The Hall–Kier alpha value is -3.31. The van der Waals surface area contributed by atoms with Crippen molar-refractivity contribution in [1.82, 2.24) is 5.32 Å². The Morgan fingerprint density at radius 2 is 1.83 bits per heavy atom. The Morgan fingerprint density at radius 3 is 2.50 bits per heavy atom. The maximum atomic E-state index is 12.1. The molecule has 1 atom stereocenters. The average Bonchev–Trinajstić information content (AvgIpc) is 2.77. The van der Waals surface area contributed by atoms with Gasteiger partial charge in [0.05, 0.1) is 23.9 Å². The average molecular weight is 423 g/mol. The number of nitrogens with one attached hydrogen (secondary N) is 1. The lowest BCUT2D eigenvalue weighted by Gasteiger charge is -2.14. The van der Waals surface area contributed by atoms with Crippen LogP contribution < -0.4 is 14.8 Å². The highest BCUT2D eigenvalue weighted by Gasteiger charge is 2.09. The molecule has 0 unspecified atom stereocenters. The van der Waals surface area contributed by atoms with Crippen molar-refractivity contribution >= 4 is 29.4 Å². The van der Waals surface area contributed by atoms with E-state index in [0.29, 0.717) is 16.5 Å². The number of benzene rings is 3. The summed E-state index contributed by atoms with van der Waals surface area (Å²) in [5.74, 6) is 1.05. The van der Waals surface area contributed by atoms with Gasteiger partial charge in [-0.25, -0.2) is 0 Å². The van der Waals surface area contributed by atoms with Gasteiger partial charge >= 0.3 is 0 Å². The molecule has 6 heteroatoms. The molecule has 3 rings (SSSR count). The van der Waals surface area contributed by atoms with Gasteiger partial charge < -0.3 is 14.8 Å². The molecule has 0 aliphatic heterocycles. The molecule has 3 aromatic rings. The van der Waals surface area contributed by atoms with E-state index < -0.39 is 0 Å². The molecule has 0 aliphatic carbocycles. The fraction of sp³-hybridized carbons (Fsp3) is 0.167. The van der Waals surface area contributed by atoms with Crippen LogP contribution in [0.2, 0.25) is 5.02 Å². The van der Waals surface area contributed by atoms with Crippen LogP contribution in [0.15, 0.2) is 77.8 Å². The minimum Gasteiger partial charge on any atom is -0.495 e. The van der Waals surface area contributed by atoms with Crippen LogP contribution in [0, 0.1) is 0 Å². The summed E-state index contributed by atoms with van der Waals surface area (Å²) in [7, 11) is 1.57. The molecule has 154 valence electrons. The number of rotatable bonds is 8. The highest BCUT2D eigenvalue weighted by Crippen LogP contribution is 2.28. The molecule has 0 aromatic heterocycles. The molecule has 0 saturated carbocycles. The second-order valence-corrected chi connectivity index (χ2v) is 7.04. The van der Waals surface area contributed by atoms with Crippen molar-refractivity contribution in [3.63, 3.8) is 0 Å². The topological polar surface area (TPSA) is 59.9 Å². The molecular formula is C24H23ClN2O3. The first-order valence-corrected chi connectivity index (χ1v) is 9.88. The number of ether oxygens (including phenoxy) is 2. The van der Waals surface area contributed by atoms with Crippen LogP contribution in [-0.4, -0.2) is 25.8 Å². The van der Waals surface area contributed by atoms with E-state index in [1.54, 1.807) is 37.6 Å². The molecule has 0 saturated heterocycles. The number of nitrogens with zero attached hydrogens (tertiary/aromatic N) is 1. The predicted octanol–water partition coefficient (Wildman–Crippen LogP) is 5.36. The van der Waals surface area contributed by atoms with Gasteiger partial charge in [0.25, 0.3) is 5.91 Å². The van der Waals surface area contributed by atoms with Crippen LogP contribution >= 0.6 is 11.6 Å². The molecule has 5 nitrogen and oxygen atoms in total. The number of hydrogen-bond donors (Lipinski definition) is 1. The Morgan fingerprint density at radius 1 is 1.10 bits per heavy atom. The quantitative estimate of drug-likeness (QED) is 0.497. The normalized spacial score (nSPS) is 11.8. The van der Waals surface area contributed by atoms with Gasteiger partial charge in [0.15, 0.2) is 6.61 Å². The van der Waals surface area contributed by atoms with Crippen LogP contribution in [-0.2, 0) is 4.79 Å². The van der Waals surface area contributed by atoms with E-state index >= 15 is 0 Å². The van der Waals surface area contributed by atoms with Gasteiger partial charge in [-0.05, 0) is 60.5 Å². The third kappa shape index (κ3) is 6.09. The summed E-state index contributed by atoms with van der Waals surface area (Å²) in [6.45, 7) is 1.90. The SMILES string of the molecule is COc1ccc(N=Cc2ccc(OCC(=O)N[C@H](C)c3ccccc3)cc2)cc1Cl. The van der Waals surface area contributed by atoms with Crippen LogP contribution in [0.1, 0.15) is 24.1 Å². The minimum atomic E-state index is -0.173. The third-order valence-electron chi connectivity index (χ3n) is 4.43. The molecule has 30 heavy (non-hydrogen) atoms. The van der Waals surface area contributed by atoms with Gasteiger partial charge in [-0.1, -0.05) is 41.9 Å². The van der Waals surface area contributed by atoms with E-state index in [-0.39, 0.29) is 18.6 Å². The van der Waals surface area contributed by atoms with E-state index in [1.165, 1.54) is 0 Å². The number of aliphatic imine (C=N–C) groups is 1. The molecule has 0 fully saturated rings. The van der Waals surface area contributed by atoms with Crippen LogP contribution in [0.3, 0.4) is 0 Å². The van der Waals surface area contributed by atoms with Crippen molar-refractivity contribution in [2.45, 2.75) is 13.0 Å². The van der Waals surface area contributed by atoms with Crippen LogP contribution in [0.4, 0.5) is 5.69 Å². The van der Waals surface area contributed by atoms with Crippen LogP contribution in [0.5, 0.6) is 11.5 Å². The molecule has 0 bridgehead atoms. The summed E-state index contributed by atoms with van der Waals surface area (Å²) in [6, 6.07) is 22.4. The smallest absolute Gasteiger partial charge is 0.258 e. The first kappa shape index (κ1) is 21.4. The zero-order valence-electron chi connectivity index (χ0n) is 16.8. The third-order valence-corrected chi connectivity index (χ3v) is 4.72. The summed E-state index contributed by atoms with van der Waals surface area (Å²) in [4.78, 5) is 16.5. The van der Waals surface area contributed by atoms with E-state index in [9.17, 15) is 4.79 Å². The highest BCUT2D eigenvalue weighted by atomic mass is 35.5. The van der Waals surface area contributed by atoms with Gasteiger partial charge in [-0.2, -0.15) is 0 Å². The van der Waals surface area contributed by atoms with Crippen molar-refractivity contribution < 1.29 is 14.3 Å². The van der Waals surface area contributed by atoms with Crippen molar-refractivity contribution in [2.75, 3.05) is 13.7 Å². The number of carbonyl (C=O) groups excluding carboxylic acids is 1. The van der Waals surface area contributed by atoms with Crippen molar-refractivity contribution in [1.29, 1.82) is 0 Å². The lowest BCUT2D eigenvalue weighted by Crippen LogP contribution is -2.31. The Kier molecular flexibility index (Phi) is 7.46. The number of hydrogen-bond acceptors (Lipinski definition) is 4. The molecule has 0 heterocycles. The largest absolute Gasteiger partial charge is 0.495 e. The molecule has 1 amide bonds. The molecule has 3 aromatic carbocycles. The monoisotopic (exact) mass is 422 g/mol. The number of methoxy groups -OCH3 is 1. The first-order valence-electron chi connectivity index (χ1n) is 9.50. The lowest BCUT2D eigenvalue weighted by atomic mass is 10.1. The van der Waals surface area contributed by atoms with Gasteiger partial charge in [-0.15, -0.1) is 0 Å². The zero-order chi connectivity index (χ0) is 21.3. The maximum absolute atomic E-state index is 12.1. The number of carbonyl (C=O) groups is 1. The van der Waals surface area contributed by atoms with Gasteiger partial charge in [0.2, 0.25) is 0 Å². The molecule has 0 aliphatic rings.